The molecule has 0 aliphatic carbocycles. The Balaban J connectivity index is 1.42. The lowest BCUT2D eigenvalue weighted by atomic mass is 9.98. The first-order valence-corrected chi connectivity index (χ1v) is 13.8. The number of amides is 2. The minimum absolute atomic E-state index is 0.0971. The molecule has 1 fully saturated rings. The summed E-state index contributed by atoms with van der Waals surface area (Å²) in [4.78, 5) is 42.4. The first-order chi connectivity index (χ1) is 19.4. The van der Waals surface area contributed by atoms with E-state index < -0.39 is 22.7 Å². The Labute approximate surface area is 234 Å². The van der Waals surface area contributed by atoms with E-state index in [1.165, 1.54) is 45.5 Å². The van der Waals surface area contributed by atoms with Crippen molar-refractivity contribution in [2.24, 2.45) is 5.10 Å². The molecule has 5 rings (SSSR count). The molecule has 2 aliphatic rings. The zero-order chi connectivity index (χ0) is 28.1. The second-order valence-electron chi connectivity index (χ2n) is 9.52. The number of nitro benzene ring substituents is 1. The van der Waals surface area contributed by atoms with E-state index in [1.807, 2.05) is 5.38 Å². The summed E-state index contributed by atoms with van der Waals surface area (Å²) < 4.78 is 19.0. The van der Waals surface area contributed by atoms with Crippen LogP contribution in [0.25, 0.3) is 0 Å². The van der Waals surface area contributed by atoms with E-state index >= 15 is 0 Å². The standard InChI is InChI=1S/C28H28FN5O5S/c29-22-8-6-20(7-9-22)24-18-25(21-3-1-4-23(17-21)34(37)38)33(30-24)27(35)19-32(28(36)26-5-2-16-40-26)11-10-31-12-14-39-15-13-31/h1-9,16-17,25H,10-15,18-19H2. The number of thiophene rings is 1. The van der Waals surface area contributed by atoms with Crippen LogP contribution in [0.4, 0.5) is 10.1 Å². The number of carbonyl (C=O) groups is 2. The fourth-order valence-corrected chi connectivity index (χ4v) is 5.48. The lowest BCUT2D eigenvalue weighted by Crippen LogP contribution is -2.46. The van der Waals surface area contributed by atoms with E-state index in [2.05, 4.69) is 10.0 Å². The van der Waals surface area contributed by atoms with Crippen LogP contribution in [0.3, 0.4) is 0 Å². The average Bonchev–Trinajstić information content (AvgIpc) is 3.67. The minimum Gasteiger partial charge on any atom is -0.379 e. The third-order valence-electron chi connectivity index (χ3n) is 6.94. The monoisotopic (exact) mass is 565 g/mol. The molecular formula is C28H28FN5O5S. The van der Waals surface area contributed by atoms with Gasteiger partial charge < -0.3 is 9.64 Å². The SMILES string of the molecule is O=C(c1cccs1)N(CCN1CCOCC1)CC(=O)N1N=C(c2ccc(F)cc2)CC1c1cccc([N+](=O)[O-])c1. The van der Waals surface area contributed by atoms with Crippen LogP contribution >= 0.6 is 11.3 Å². The molecular weight excluding hydrogens is 537 g/mol. The number of rotatable bonds is 9. The highest BCUT2D eigenvalue weighted by molar-refractivity contribution is 7.12. The van der Waals surface area contributed by atoms with Gasteiger partial charge in [-0.3, -0.25) is 24.6 Å². The van der Waals surface area contributed by atoms with Gasteiger partial charge in [0, 0.05) is 44.7 Å². The summed E-state index contributed by atoms with van der Waals surface area (Å²) in [6, 6.07) is 14.8. The van der Waals surface area contributed by atoms with E-state index in [0.29, 0.717) is 48.0 Å². The molecule has 1 aromatic heterocycles. The Bertz CT molecular complexity index is 1390. The summed E-state index contributed by atoms with van der Waals surface area (Å²) in [5.74, 6) is -1.06. The number of non-ortho nitro benzene ring substituents is 1. The van der Waals surface area contributed by atoms with E-state index in [9.17, 15) is 24.1 Å². The Kier molecular flexibility index (Phi) is 8.58. The Morgan fingerprint density at radius 2 is 1.90 bits per heavy atom. The maximum atomic E-state index is 13.8. The number of halogens is 1. The van der Waals surface area contributed by atoms with Gasteiger partial charge in [-0.15, -0.1) is 11.3 Å². The molecule has 0 bridgehead atoms. The molecule has 3 heterocycles. The molecule has 3 aromatic rings. The molecule has 40 heavy (non-hydrogen) atoms. The number of hydrazone groups is 1. The fourth-order valence-electron chi connectivity index (χ4n) is 4.79. The van der Waals surface area contributed by atoms with E-state index in [0.717, 1.165) is 13.1 Å². The lowest BCUT2D eigenvalue weighted by Gasteiger charge is -2.31. The number of hydrogen-bond donors (Lipinski definition) is 0. The van der Waals surface area contributed by atoms with Gasteiger partial charge in [0.25, 0.3) is 17.5 Å². The number of benzene rings is 2. The Morgan fingerprint density at radius 1 is 1.12 bits per heavy atom. The molecule has 2 aromatic carbocycles. The van der Waals surface area contributed by atoms with Crippen LogP contribution in [0.15, 0.2) is 71.1 Å². The van der Waals surface area contributed by atoms with Crippen LogP contribution in [0.5, 0.6) is 0 Å². The maximum Gasteiger partial charge on any atom is 0.269 e. The van der Waals surface area contributed by atoms with Gasteiger partial charge in [0.15, 0.2) is 0 Å². The predicted octanol–water partition coefficient (Wildman–Crippen LogP) is 3.95. The lowest BCUT2D eigenvalue weighted by molar-refractivity contribution is -0.385. The second-order valence-corrected chi connectivity index (χ2v) is 10.5. The Hall–Kier alpha value is -4.00. The first kappa shape index (κ1) is 27.6. The van der Waals surface area contributed by atoms with Crippen LogP contribution in [0.1, 0.15) is 33.3 Å². The van der Waals surface area contributed by atoms with Gasteiger partial charge in [-0.2, -0.15) is 5.10 Å². The average molecular weight is 566 g/mol. The largest absolute Gasteiger partial charge is 0.379 e. The van der Waals surface area contributed by atoms with Crippen molar-refractivity contribution in [3.63, 3.8) is 0 Å². The van der Waals surface area contributed by atoms with Crippen molar-refractivity contribution in [2.75, 3.05) is 45.9 Å². The van der Waals surface area contributed by atoms with Gasteiger partial charge in [0.1, 0.15) is 12.4 Å². The second kappa shape index (κ2) is 12.5. The summed E-state index contributed by atoms with van der Waals surface area (Å²) >= 11 is 1.31. The predicted molar refractivity (Wildman–Crippen MR) is 148 cm³/mol. The normalized spacial score (nSPS) is 17.5. The summed E-state index contributed by atoms with van der Waals surface area (Å²) in [7, 11) is 0. The smallest absolute Gasteiger partial charge is 0.269 e. The highest BCUT2D eigenvalue weighted by atomic mass is 32.1. The molecule has 10 nitrogen and oxygen atoms in total. The van der Waals surface area contributed by atoms with Gasteiger partial charge in [-0.05, 0) is 34.7 Å². The highest BCUT2D eigenvalue weighted by Crippen LogP contribution is 2.34. The number of morpholine rings is 1. The van der Waals surface area contributed by atoms with Gasteiger partial charge in [0.05, 0.1) is 34.8 Å². The third-order valence-corrected chi connectivity index (χ3v) is 7.80. The maximum absolute atomic E-state index is 13.8. The van der Waals surface area contributed by atoms with Crippen molar-refractivity contribution in [2.45, 2.75) is 12.5 Å². The van der Waals surface area contributed by atoms with Gasteiger partial charge in [-0.1, -0.05) is 30.3 Å². The summed E-state index contributed by atoms with van der Waals surface area (Å²) in [5.41, 5.74) is 1.65. The van der Waals surface area contributed by atoms with Crippen molar-refractivity contribution in [3.05, 3.63) is 98.0 Å². The van der Waals surface area contributed by atoms with Crippen molar-refractivity contribution >= 4 is 34.6 Å². The minimum atomic E-state index is -0.620. The van der Waals surface area contributed by atoms with E-state index in [1.54, 1.807) is 36.4 Å². The number of hydrogen-bond acceptors (Lipinski definition) is 8. The summed E-state index contributed by atoms with van der Waals surface area (Å²) in [6.45, 7) is 3.46. The molecule has 0 N–H and O–H groups in total. The van der Waals surface area contributed by atoms with Crippen LogP contribution in [0.2, 0.25) is 0 Å². The van der Waals surface area contributed by atoms with Crippen LogP contribution < -0.4 is 0 Å². The number of nitro groups is 1. The molecule has 2 amide bonds. The summed E-state index contributed by atoms with van der Waals surface area (Å²) in [5, 5.41) is 19.2. The molecule has 2 aliphatic heterocycles. The molecule has 12 heteroatoms. The molecule has 1 saturated heterocycles. The summed E-state index contributed by atoms with van der Waals surface area (Å²) in [6.07, 6.45) is 0.283. The van der Waals surface area contributed by atoms with Crippen molar-refractivity contribution in [3.8, 4) is 0 Å². The van der Waals surface area contributed by atoms with Gasteiger partial charge >= 0.3 is 0 Å². The van der Waals surface area contributed by atoms with Crippen molar-refractivity contribution in [1.82, 2.24) is 14.8 Å². The quantitative estimate of drug-likeness (QED) is 0.287. The highest BCUT2D eigenvalue weighted by Gasteiger charge is 2.35. The van der Waals surface area contributed by atoms with Crippen LogP contribution in [-0.4, -0.2) is 83.2 Å². The number of nitrogens with zero attached hydrogens (tertiary/aromatic N) is 5. The topological polar surface area (TPSA) is 109 Å². The zero-order valence-corrected chi connectivity index (χ0v) is 22.5. The van der Waals surface area contributed by atoms with E-state index in [4.69, 9.17) is 4.74 Å². The molecule has 0 spiro atoms. The van der Waals surface area contributed by atoms with Crippen LogP contribution in [-0.2, 0) is 9.53 Å². The van der Waals surface area contributed by atoms with Gasteiger partial charge in [-0.25, -0.2) is 9.40 Å². The van der Waals surface area contributed by atoms with Crippen molar-refractivity contribution < 1.29 is 23.6 Å². The Morgan fingerprint density at radius 3 is 2.60 bits per heavy atom. The zero-order valence-electron chi connectivity index (χ0n) is 21.6. The molecule has 0 radical (unpaired) electrons. The van der Waals surface area contributed by atoms with Crippen LogP contribution in [0, 0.1) is 15.9 Å². The molecule has 1 unspecified atom stereocenters. The number of ether oxygens (including phenoxy) is 1. The molecule has 208 valence electrons. The third kappa shape index (κ3) is 6.41. The number of carbonyl (C=O) groups excluding carboxylic acids is 2. The van der Waals surface area contributed by atoms with Gasteiger partial charge in [0.2, 0.25) is 0 Å². The molecule has 0 saturated carbocycles. The van der Waals surface area contributed by atoms with Crippen molar-refractivity contribution in [1.29, 1.82) is 0 Å². The van der Waals surface area contributed by atoms with E-state index in [-0.39, 0.29) is 24.6 Å². The molecule has 1 atom stereocenters. The first-order valence-electron chi connectivity index (χ1n) is 12.9. The fraction of sp³-hybridized carbons (Fsp3) is 0.321.